The zero-order valence-electron chi connectivity index (χ0n) is 16.2. The number of rotatable bonds is 5. The lowest BCUT2D eigenvalue weighted by Crippen LogP contribution is -2.51. The van der Waals surface area contributed by atoms with Gasteiger partial charge in [0.15, 0.2) is 0 Å². The zero-order chi connectivity index (χ0) is 20.8. The lowest BCUT2D eigenvalue weighted by Gasteiger charge is -2.34. The van der Waals surface area contributed by atoms with Crippen molar-refractivity contribution in [1.82, 2.24) is 9.80 Å². The number of piperazine rings is 1. The minimum atomic E-state index is -0.280. The summed E-state index contributed by atoms with van der Waals surface area (Å²) in [7, 11) is 0. The highest BCUT2D eigenvalue weighted by Crippen LogP contribution is 2.19. The number of carbonyl (C=O) groups is 3. The molecule has 0 bridgehead atoms. The number of anilines is 2. The molecule has 1 heterocycles. The Kier molecular flexibility index (Phi) is 6.72. The van der Waals surface area contributed by atoms with Crippen molar-refractivity contribution in [3.8, 4) is 0 Å². The Bertz CT molecular complexity index is 893. The molecule has 7 nitrogen and oxygen atoms in total. The monoisotopic (exact) mass is 414 g/mol. The van der Waals surface area contributed by atoms with Crippen LogP contribution in [-0.4, -0.2) is 60.2 Å². The van der Waals surface area contributed by atoms with Crippen LogP contribution in [0, 0.1) is 0 Å². The molecule has 0 radical (unpaired) electrons. The van der Waals surface area contributed by atoms with E-state index in [9.17, 15) is 14.4 Å². The maximum atomic E-state index is 12.6. The molecule has 29 heavy (non-hydrogen) atoms. The topological polar surface area (TPSA) is 81.8 Å². The lowest BCUT2D eigenvalue weighted by atomic mass is 10.1. The summed E-state index contributed by atoms with van der Waals surface area (Å²) in [5.41, 5.74) is 1.65. The van der Waals surface area contributed by atoms with Gasteiger partial charge in [0.1, 0.15) is 0 Å². The van der Waals surface area contributed by atoms with Crippen LogP contribution in [0.5, 0.6) is 0 Å². The number of para-hydroxylation sites is 1. The molecule has 0 spiro atoms. The van der Waals surface area contributed by atoms with Gasteiger partial charge in [0.2, 0.25) is 11.8 Å². The van der Waals surface area contributed by atoms with Crippen LogP contribution < -0.4 is 10.6 Å². The second-order valence-corrected chi connectivity index (χ2v) is 7.18. The van der Waals surface area contributed by atoms with Gasteiger partial charge in [-0.3, -0.25) is 14.4 Å². The number of carbonyl (C=O) groups excluding carboxylic acids is 3. The molecule has 0 saturated carbocycles. The Hall–Kier alpha value is -3.06. The molecule has 0 unspecified atom stereocenters. The van der Waals surface area contributed by atoms with E-state index in [1.807, 2.05) is 0 Å². The summed E-state index contributed by atoms with van der Waals surface area (Å²) < 4.78 is 0. The fourth-order valence-electron chi connectivity index (χ4n) is 3.12. The molecule has 3 amide bonds. The summed E-state index contributed by atoms with van der Waals surface area (Å²) in [6.07, 6.45) is 0. The van der Waals surface area contributed by atoms with Crippen molar-refractivity contribution in [3.63, 3.8) is 0 Å². The number of halogens is 1. The van der Waals surface area contributed by atoms with Gasteiger partial charge in [0.05, 0.1) is 12.1 Å². The van der Waals surface area contributed by atoms with E-state index in [0.29, 0.717) is 48.1 Å². The van der Waals surface area contributed by atoms with E-state index < -0.39 is 0 Å². The number of hydrogen-bond donors (Lipinski definition) is 2. The molecule has 0 atom stereocenters. The van der Waals surface area contributed by atoms with Gasteiger partial charge in [-0.15, -0.1) is 0 Å². The Morgan fingerprint density at radius 3 is 2.21 bits per heavy atom. The summed E-state index contributed by atoms with van der Waals surface area (Å²) in [6.45, 7) is 3.72. The Labute approximate surface area is 174 Å². The lowest BCUT2D eigenvalue weighted by molar-refractivity contribution is -0.137. The average Bonchev–Trinajstić information content (AvgIpc) is 2.74. The highest BCUT2D eigenvalue weighted by molar-refractivity contribution is 6.30. The van der Waals surface area contributed by atoms with Crippen molar-refractivity contribution >= 4 is 40.7 Å². The summed E-state index contributed by atoms with van der Waals surface area (Å²) in [5, 5.41) is 6.48. The van der Waals surface area contributed by atoms with Gasteiger partial charge in [-0.2, -0.15) is 0 Å². The SMILES string of the molecule is CC(=O)N1CCN(C(=O)CNc2ccccc2C(=O)Nc2ccc(Cl)cc2)CC1. The number of amides is 3. The smallest absolute Gasteiger partial charge is 0.257 e. The molecular formula is C21H23ClN4O3. The quantitative estimate of drug-likeness (QED) is 0.788. The second kappa shape index (κ2) is 9.43. The molecule has 1 aliphatic rings. The van der Waals surface area contributed by atoms with Crippen molar-refractivity contribution in [2.75, 3.05) is 43.4 Å². The van der Waals surface area contributed by atoms with Crippen LogP contribution >= 0.6 is 11.6 Å². The van der Waals surface area contributed by atoms with E-state index in [4.69, 9.17) is 11.6 Å². The summed E-state index contributed by atoms with van der Waals surface area (Å²) in [6, 6.07) is 13.9. The highest BCUT2D eigenvalue weighted by Gasteiger charge is 2.22. The van der Waals surface area contributed by atoms with Gasteiger partial charge < -0.3 is 20.4 Å². The van der Waals surface area contributed by atoms with Crippen molar-refractivity contribution in [2.24, 2.45) is 0 Å². The predicted octanol–water partition coefficient (Wildman–Crippen LogP) is 2.69. The molecule has 2 N–H and O–H groups in total. The Balaban J connectivity index is 1.59. The predicted molar refractivity (Wildman–Crippen MR) is 113 cm³/mol. The van der Waals surface area contributed by atoms with Gasteiger partial charge in [0, 0.05) is 49.5 Å². The van der Waals surface area contributed by atoms with Crippen LogP contribution in [0.3, 0.4) is 0 Å². The van der Waals surface area contributed by atoms with Crippen molar-refractivity contribution in [2.45, 2.75) is 6.92 Å². The number of nitrogens with zero attached hydrogens (tertiary/aromatic N) is 2. The average molecular weight is 415 g/mol. The molecule has 1 aliphatic heterocycles. The molecule has 152 valence electrons. The third-order valence-corrected chi connectivity index (χ3v) is 5.03. The zero-order valence-corrected chi connectivity index (χ0v) is 16.9. The molecule has 0 aliphatic carbocycles. The first kappa shape index (κ1) is 20.7. The highest BCUT2D eigenvalue weighted by atomic mass is 35.5. The number of nitrogens with one attached hydrogen (secondary N) is 2. The van der Waals surface area contributed by atoms with Gasteiger partial charge in [-0.25, -0.2) is 0 Å². The Morgan fingerprint density at radius 2 is 1.55 bits per heavy atom. The molecule has 0 aromatic heterocycles. The largest absolute Gasteiger partial charge is 0.376 e. The molecule has 2 aromatic carbocycles. The maximum Gasteiger partial charge on any atom is 0.257 e. The number of benzene rings is 2. The first-order chi connectivity index (χ1) is 13.9. The van der Waals surface area contributed by atoms with Crippen molar-refractivity contribution < 1.29 is 14.4 Å². The van der Waals surface area contributed by atoms with Crippen LogP contribution in [0.4, 0.5) is 11.4 Å². The van der Waals surface area contributed by atoms with E-state index in [1.165, 1.54) is 6.92 Å². The van der Waals surface area contributed by atoms with E-state index in [1.54, 1.807) is 58.3 Å². The van der Waals surface area contributed by atoms with Crippen molar-refractivity contribution in [1.29, 1.82) is 0 Å². The maximum absolute atomic E-state index is 12.6. The van der Waals surface area contributed by atoms with Crippen LogP contribution in [-0.2, 0) is 9.59 Å². The third-order valence-electron chi connectivity index (χ3n) is 4.78. The molecule has 8 heteroatoms. The first-order valence-corrected chi connectivity index (χ1v) is 9.75. The van der Waals surface area contributed by atoms with E-state index >= 15 is 0 Å². The molecular weight excluding hydrogens is 392 g/mol. The second-order valence-electron chi connectivity index (χ2n) is 6.75. The van der Waals surface area contributed by atoms with Crippen LogP contribution in [0.2, 0.25) is 5.02 Å². The van der Waals surface area contributed by atoms with Gasteiger partial charge >= 0.3 is 0 Å². The van der Waals surface area contributed by atoms with E-state index in [0.717, 1.165) is 0 Å². The number of hydrogen-bond acceptors (Lipinski definition) is 4. The van der Waals surface area contributed by atoms with Gasteiger partial charge in [-0.05, 0) is 36.4 Å². The third kappa shape index (κ3) is 5.48. The van der Waals surface area contributed by atoms with Gasteiger partial charge in [0.25, 0.3) is 5.91 Å². The summed E-state index contributed by atoms with van der Waals surface area (Å²) in [4.78, 5) is 40.0. The Morgan fingerprint density at radius 1 is 0.931 bits per heavy atom. The summed E-state index contributed by atoms with van der Waals surface area (Å²) in [5.74, 6) is -0.324. The van der Waals surface area contributed by atoms with E-state index in [-0.39, 0.29) is 24.3 Å². The van der Waals surface area contributed by atoms with Crippen molar-refractivity contribution in [3.05, 3.63) is 59.1 Å². The van der Waals surface area contributed by atoms with Crippen LogP contribution in [0.1, 0.15) is 17.3 Å². The fourth-order valence-corrected chi connectivity index (χ4v) is 3.25. The molecule has 1 fully saturated rings. The van der Waals surface area contributed by atoms with E-state index in [2.05, 4.69) is 10.6 Å². The standard InChI is InChI=1S/C21H23ClN4O3/c1-15(27)25-10-12-26(13-11-25)20(28)14-23-19-5-3-2-4-18(19)21(29)24-17-8-6-16(22)7-9-17/h2-9,23H,10-14H2,1H3,(H,24,29). The molecule has 1 saturated heterocycles. The first-order valence-electron chi connectivity index (χ1n) is 9.37. The van der Waals surface area contributed by atoms with Crippen LogP contribution in [0.25, 0.3) is 0 Å². The normalized spacial score (nSPS) is 13.7. The minimum absolute atomic E-state index is 0.0239. The molecule has 2 aromatic rings. The fraction of sp³-hybridized carbons (Fsp3) is 0.286. The molecule has 3 rings (SSSR count). The summed E-state index contributed by atoms with van der Waals surface area (Å²) >= 11 is 5.87. The van der Waals surface area contributed by atoms with Crippen LogP contribution in [0.15, 0.2) is 48.5 Å². The minimum Gasteiger partial charge on any atom is -0.376 e. The van der Waals surface area contributed by atoms with Gasteiger partial charge in [-0.1, -0.05) is 23.7 Å².